The van der Waals surface area contributed by atoms with Gasteiger partial charge >= 0.3 is 5.97 Å². The fourth-order valence-corrected chi connectivity index (χ4v) is 4.48. The molecule has 0 aliphatic carbocycles. The molecule has 4 rings (SSSR count). The molecule has 1 atom stereocenters. The van der Waals surface area contributed by atoms with Crippen molar-refractivity contribution in [1.29, 1.82) is 0 Å². The monoisotopic (exact) mass is 465 g/mol. The molecule has 2 aromatic rings. The van der Waals surface area contributed by atoms with E-state index in [1.54, 1.807) is 0 Å². The van der Waals surface area contributed by atoms with Gasteiger partial charge in [0.25, 0.3) is 0 Å². The van der Waals surface area contributed by atoms with Crippen molar-refractivity contribution in [2.24, 2.45) is 5.92 Å². The van der Waals surface area contributed by atoms with Gasteiger partial charge in [0.15, 0.2) is 0 Å². The summed E-state index contributed by atoms with van der Waals surface area (Å²) in [6.45, 7) is 15.2. The molecular formula is C28H39N3O3. The molecule has 6 nitrogen and oxygen atoms in total. The molecule has 184 valence electrons. The molecule has 2 fully saturated rings. The lowest BCUT2D eigenvalue weighted by molar-refractivity contribution is -0.0156. The first kappa shape index (κ1) is 24.7. The van der Waals surface area contributed by atoms with E-state index in [-0.39, 0.29) is 5.97 Å². The molecule has 0 aromatic heterocycles. The average Bonchev–Trinajstić information content (AvgIpc) is 2.84. The van der Waals surface area contributed by atoms with Gasteiger partial charge in [0, 0.05) is 57.5 Å². The number of esters is 1. The van der Waals surface area contributed by atoms with Crippen molar-refractivity contribution in [3.8, 4) is 0 Å². The van der Waals surface area contributed by atoms with Crippen LogP contribution in [0.5, 0.6) is 0 Å². The van der Waals surface area contributed by atoms with Gasteiger partial charge in [-0.05, 0) is 42.7 Å². The first-order valence-corrected chi connectivity index (χ1v) is 12.6. The van der Waals surface area contributed by atoms with E-state index in [1.807, 2.05) is 54.6 Å². The molecule has 6 heteroatoms. The summed E-state index contributed by atoms with van der Waals surface area (Å²) in [5, 5.41) is 0. The molecule has 2 aliphatic rings. The summed E-state index contributed by atoms with van der Waals surface area (Å²) in [5.41, 5.74) is 2.76. The van der Waals surface area contributed by atoms with Gasteiger partial charge in [-0.25, -0.2) is 4.79 Å². The number of rotatable bonds is 10. The van der Waals surface area contributed by atoms with Crippen molar-refractivity contribution >= 4 is 11.7 Å². The molecule has 0 bridgehead atoms. The summed E-state index contributed by atoms with van der Waals surface area (Å²) in [7, 11) is 0. The highest BCUT2D eigenvalue weighted by molar-refractivity contribution is 5.89. The van der Waals surface area contributed by atoms with Crippen molar-refractivity contribution < 1.29 is 14.3 Å². The number of carbonyl (C=O) groups is 1. The minimum atomic E-state index is -0.279. The lowest BCUT2D eigenvalue weighted by atomic mass is 10.1. The van der Waals surface area contributed by atoms with Gasteiger partial charge in [-0.1, -0.05) is 44.2 Å². The Morgan fingerprint density at radius 2 is 1.62 bits per heavy atom. The Morgan fingerprint density at radius 1 is 0.941 bits per heavy atom. The average molecular weight is 466 g/mol. The van der Waals surface area contributed by atoms with E-state index < -0.39 is 0 Å². The highest BCUT2D eigenvalue weighted by atomic mass is 16.5. The summed E-state index contributed by atoms with van der Waals surface area (Å²) in [5.74, 6) is 0.295. The molecule has 2 heterocycles. The second kappa shape index (κ2) is 11.8. The summed E-state index contributed by atoms with van der Waals surface area (Å²) in [6, 6.07) is 18.3. The molecule has 0 saturated carbocycles. The Kier molecular flexibility index (Phi) is 8.59. The van der Waals surface area contributed by atoms with Crippen LogP contribution in [-0.4, -0.2) is 80.3 Å². The Morgan fingerprint density at radius 3 is 2.26 bits per heavy atom. The molecule has 0 unspecified atom stereocenters. The molecular weight excluding hydrogens is 426 g/mol. The SMILES string of the molecule is CC(C)[C@@H](C)OCCN1CC(N2CCN(c3ccc(C(=O)OCc4ccccc4)cc3)CC2)C1. The van der Waals surface area contributed by atoms with Gasteiger partial charge in [-0.2, -0.15) is 0 Å². The Labute approximate surface area is 204 Å². The third-order valence-electron chi connectivity index (χ3n) is 7.18. The van der Waals surface area contributed by atoms with Crippen LogP contribution in [0.4, 0.5) is 5.69 Å². The van der Waals surface area contributed by atoms with Crippen molar-refractivity contribution in [2.45, 2.75) is 39.5 Å². The third kappa shape index (κ3) is 6.59. The normalized spacial score (nSPS) is 18.6. The van der Waals surface area contributed by atoms with Gasteiger partial charge in [-0.15, -0.1) is 0 Å². The standard InChI is InChI=1S/C28H39N3O3/c1-22(2)23(3)33-18-17-29-19-27(20-29)31-15-13-30(14-16-31)26-11-9-25(10-12-26)28(32)34-21-24-7-5-4-6-8-24/h4-12,22-23,27H,13-21H2,1-3H3/t23-/m1/s1. The van der Waals surface area contributed by atoms with Crippen molar-refractivity contribution in [2.75, 3.05) is 57.3 Å². The van der Waals surface area contributed by atoms with Gasteiger partial charge in [0.1, 0.15) is 6.61 Å². The van der Waals surface area contributed by atoms with Crippen LogP contribution in [0.25, 0.3) is 0 Å². The van der Waals surface area contributed by atoms with Gasteiger partial charge in [-0.3, -0.25) is 9.80 Å². The molecule has 34 heavy (non-hydrogen) atoms. The largest absolute Gasteiger partial charge is 0.457 e. The van der Waals surface area contributed by atoms with Crippen LogP contribution < -0.4 is 4.90 Å². The number of carbonyl (C=O) groups excluding carboxylic acids is 1. The quantitative estimate of drug-likeness (QED) is 0.496. The first-order chi connectivity index (χ1) is 16.5. The lowest BCUT2D eigenvalue weighted by Gasteiger charge is -2.48. The van der Waals surface area contributed by atoms with Crippen LogP contribution in [0.1, 0.15) is 36.7 Å². The summed E-state index contributed by atoms with van der Waals surface area (Å²) >= 11 is 0. The van der Waals surface area contributed by atoms with E-state index in [4.69, 9.17) is 9.47 Å². The predicted molar refractivity (Wildman–Crippen MR) is 136 cm³/mol. The predicted octanol–water partition coefficient (Wildman–Crippen LogP) is 3.91. The lowest BCUT2D eigenvalue weighted by Crippen LogP contribution is -2.63. The van der Waals surface area contributed by atoms with Crippen molar-refractivity contribution in [3.63, 3.8) is 0 Å². The second-order valence-corrected chi connectivity index (χ2v) is 9.86. The molecule has 2 aliphatic heterocycles. The zero-order valence-electron chi connectivity index (χ0n) is 20.9. The molecule has 2 saturated heterocycles. The Bertz CT molecular complexity index is 889. The smallest absolute Gasteiger partial charge is 0.338 e. The molecule has 0 radical (unpaired) electrons. The van der Waals surface area contributed by atoms with E-state index in [9.17, 15) is 4.79 Å². The van der Waals surface area contributed by atoms with E-state index in [0.717, 1.165) is 58.0 Å². The van der Waals surface area contributed by atoms with Crippen LogP contribution in [0.2, 0.25) is 0 Å². The molecule has 0 amide bonds. The number of anilines is 1. The van der Waals surface area contributed by atoms with Crippen LogP contribution in [0, 0.1) is 5.92 Å². The minimum Gasteiger partial charge on any atom is -0.457 e. The number of benzene rings is 2. The minimum absolute atomic E-state index is 0.279. The summed E-state index contributed by atoms with van der Waals surface area (Å²) in [4.78, 5) is 19.9. The van der Waals surface area contributed by atoms with Gasteiger partial charge in [0.2, 0.25) is 0 Å². The number of hydrogen-bond acceptors (Lipinski definition) is 6. The highest BCUT2D eigenvalue weighted by Crippen LogP contribution is 2.21. The van der Waals surface area contributed by atoms with Crippen LogP contribution in [-0.2, 0) is 16.1 Å². The first-order valence-electron chi connectivity index (χ1n) is 12.6. The number of ether oxygens (including phenoxy) is 2. The topological polar surface area (TPSA) is 45.2 Å². The molecule has 0 spiro atoms. The number of hydrogen-bond donors (Lipinski definition) is 0. The van der Waals surface area contributed by atoms with Gasteiger partial charge in [0.05, 0.1) is 18.3 Å². The Hall–Kier alpha value is -2.41. The van der Waals surface area contributed by atoms with Gasteiger partial charge < -0.3 is 14.4 Å². The maximum absolute atomic E-state index is 12.4. The van der Waals surface area contributed by atoms with Crippen molar-refractivity contribution in [1.82, 2.24) is 9.80 Å². The van der Waals surface area contributed by atoms with E-state index in [0.29, 0.717) is 30.2 Å². The van der Waals surface area contributed by atoms with E-state index >= 15 is 0 Å². The van der Waals surface area contributed by atoms with E-state index in [2.05, 4.69) is 35.5 Å². The third-order valence-corrected chi connectivity index (χ3v) is 7.18. The van der Waals surface area contributed by atoms with E-state index in [1.165, 1.54) is 5.69 Å². The summed E-state index contributed by atoms with van der Waals surface area (Å²) in [6.07, 6.45) is 0.333. The zero-order chi connectivity index (χ0) is 23.9. The van der Waals surface area contributed by atoms with Crippen LogP contribution in [0.15, 0.2) is 54.6 Å². The summed E-state index contributed by atoms with van der Waals surface area (Å²) < 4.78 is 11.4. The molecule has 0 N–H and O–H groups in total. The van der Waals surface area contributed by atoms with Crippen LogP contribution in [0.3, 0.4) is 0 Å². The van der Waals surface area contributed by atoms with Crippen molar-refractivity contribution in [3.05, 3.63) is 65.7 Å². The maximum atomic E-state index is 12.4. The number of nitrogens with zero attached hydrogens (tertiary/aromatic N) is 3. The number of likely N-dealkylation sites (tertiary alicyclic amines) is 1. The fourth-order valence-electron chi connectivity index (χ4n) is 4.48. The second-order valence-electron chi connectivity index (χ2n) is 9.86. The molecule has 2 aromatic carbocycles. The van der Waals surface area contributed by atoms with Crippen LogP contribution >= 0.6 is 0 Å². The zero-order valence-corrected chi connectivity index (χ0v) is 20.9. The maximum Gasteiger partial charge on any atom is 0.338 e. The fraction of sp³-hybridized carbons (Fsp3) is 0.536. The number of piperazine rings is 1. The highest BCUT2D eigenvalue weighted by Gasteiger charge is 2.33. The Balaban J connectivity index is 1.15.